The molecular weight excluding hydrogens is 286 g/mol. The van der Waals surface area contributed by atoms with Crippen LogP contribution in [-0.2, 0) is 6.54 Å². The summed E-state index contributed by atoms with van der Waals surface area (Å²) in [5.74, 6) is 3.03. The van der Waals surface area contributed by atoms with E-state index in [2.05, 4.69) is 28.5 Å². The predicted octanol–water partition coefficient (Wildman–Crippen LogP) is 3.86. The van der Waals surface area contributed by atoms with Crippen molar-refractivity contribution >= 4 is 11.3 Å². The molecular formula is C15H17N3O2S. The van der Waals surface area contributed by atoms with Crippen molar-refractivity contribution in [3.05, 3.63) is 46.6 Å². The normalized spacial score (nSPS) is 12.7. The Labute approximate surface area is 127 Å². The summed E-state index contributed by atoms with van der Waals surface area (Å²) in [5, 5.41) is 13.5. The lowest BCUT2D eigenvalue weighted by Gasteiger charge is -2.10. The first-order valence-electron chi connectivity index (χ1n) is 6.80. The van der Waals surface area contributed by atoms with Crippen LogP contribution in [0, 0.1) is 13.8 Å². The standard InChI is InChI=1S/C15H17N3O2S/c1-9-7-12(11(3)19-9)10(2)16-8-14-17-18-15(20-14)13-5-4-6-21-13/h4-7,10,16H,8H2,1-3H3/t10-/m0/s1. The second kappa shape index (κ2) is 5.83. The lowest BCUT2D eigenvalue weighted by atomic mass is 10.1. The summed E-state index contributed by atoms with van der Waals surface area (Å²) in [6.45, 7) is 6.55. The van der Waals surface area contributed by atoms with Crippen LogP contribution >= 0.6 is 11.3 Å². The number of rotatable bonds is 5. The molecule has 3 aromatic heterocycles. The van der Waals surface area contributed by atoms with E-state index in [0.29, 0.717) is 18.3 Å². The van der Waals surface area contributed by atoms with Gasteiger partial charge < -0.3 is 14.2 Å². The van der Waals surface area contributed by atoms with Gasteiger partial charge in [0.25, 0.3) is 5.89 Å². The molecule has 3 heterocycles. The Morgan fingerprint density at radius 2 is 2.14 bits per heavy atom. The largest absolute Gasteiger partial charge is 0.466 e. The number of hydrogen-bond acceptors (Lipinski definition) is 6. The summed E-state index contributed by atoms with van der Waals surface area (Å²) in [6, 6.07) is 6.15. The van der Waals surface area contributed by atoms with Gasteiger partial charge >= 0.3 is 0 Å². The fourth-order valence-electron chi connectivity index (χ4n) is 2.26. The van der Waals surface area contributed by atoms with Crippen LogP contribution in [0.2, 0.25) is 0 Å². The van der Waals surface area contributed by atoms with Gasteiger partial charge in [0, 0.05) is 11.6 Å². The number of nitrogens with one attached hydrogen (secondary N) is 1. The fourth-order valence-corrected chi connectivity index (χ4v) is 2.90. The van der Waals surface area contributed by atoms with Crippen molar-refractivity contribution in [1.29, 1.82) is 0 Å². The molecule has 0 saturated carbocycles. The molecule has 6 heteroatoms. The SMILES string of the molecule is Cc1cc([C@H](C)NCc2nnc(-c3cccs3)o2)c(C)o1. The average Bonchev–Trinajstić information content (AvgIpc) is 3.15. The third kappa shape index (κ3) is 3.06. The highest BCUT2D eigenvalue weighted by atomic mass is 32.1. The minimum atomic E-state index is 0.166. The van der Waals surface area contributed by atoms with E-state index in [1.165, 1.54) is 0 Å². The van der Waals surface area contributed by atoms with Crippen LogP contribution in [0.15, 0.2) is 32.4 Å². The average molecular weight is 303 g/mol. The van der Waals surface area contributed by atoms with E-state index in [1.807, 2.05) is 31.4 Å². The molecule has 0 aliphatic heterocycles. The fraction of sp³-hybridized carbons (Fsp3) is 0.333. The zero-order valence-electron chi connectivity index (χ0n) is 12.2. The predicted molar refractivity (Wildman–Crippen MR) is 81.0 cm³/mol. The molecule has 0 aliphatic carbocycles. The van der Waals surface area contributed by atoms with E-state index < -0.39 is 0 Å². The van der Waals surface area contributed by atoms with Crippen molar-refractivity contribution in [2.24, 2.45) is 0 Å². The summed E-state index contributed by atoms with van der Waals surface area (Å²) in [4.78, 5) is 0.989. The van der Waals surface area contributed by atoms with Gasteiger partial charge in [-0.15, -0.1) is 21.5 Å². The Bertz CT molecular complexity index is 715. The summed E-state index contributed by atoms with van der Waals surface area (Å²) in [7, 11) is 0. The molecule has 0 unspecified atom stereocenters. The van der Waals surface area contributed by atoms with Crippen LogP contribution in [0.1, 0.15) is 35.9 Å². The van der Waals surface area contributed by atoms with Crippen LogP contribution in [-0.4, -0.2) is 10.2 Å². The summed E-state index contributed by atoms with van der Waals surface area (Å²) in [5.41, 5.74) is 1.16. The maximum absolute atomic E-state index is 5.65. The van der Waals surface area contributed by atoms with Gasteiger partial charge in [0.1, 0.15) is 11.5 Å². The minimum absolute atomic E-state index is 0.166. The Balaban J connectivity index is 1.64. The molecule has 1 atom stereocenters. The number of thiophene rings is 1. The van der Waals surface area contributed by atoms with Gasteiger partial charge in [-0.2, -0.15) is 0 Å². The maximum Gasteiger partial charge on any atom is 0.257 e. The van der Waals surface area contributed by atoms with Crippen molar-refractivity contribution in [2.45, 2.75) is 33.4 Å². The molecule has 0 spiro atoms. The van der Waals surface area contributed by atoms with Crippen LogP contribution in [0.3, 0.4) is 0 Å². The number of furan rings is 1. The second-order valence-electron chi connectivity index (χ2n) is 4.95. The van der Waals surface area contributed by atoms with Gasteiger partial charge in [0.2, 0.25) is 5.89 Å². The lowest BCUT2D eigenvalue weighted by molar-refractivity contribution is 0.448. The van der Waals surface area contributed by atoms with Crippen LogP contribution in [0.25, 0.3) is 10.8 Å². The maximum atomic E-state index is 5.65. The van der Waals surface area contributed by atoms with Crippen LogP contribution < -0.4 is 5.32 Å². The molecule has 0 amide bonds. The van der Waals surface area contributed by atoms with Gasteiger partial charge in [-0.1, -0.05) is 6.07 Å². The minimum Gasteiger partial charge on any atom is -0.466 e. The van der Waals surface area contributed by atoms with E-state index in [1.54, 1.807) is 11.3 Å². The van der Waals surface area contributed by atoms with Gasteiger partial charge in [-0.3, -0.25) is 0 Å². The molecule has 3 rings (SSSR count). The third-order valence-corrected chi connectivity index (χ3v) is 4.16. The van der Waals surface area contributed by atoms with Crippen LogP contribution in [0.5, 0.6) is 0 Å². The molecule has 1 N–H and O–H groups in total. The molecule has 5 nitrogen and oxygen atoms in total. The summed E-state index contributed by atoms with van der Waals surface area (Å²) >= 11 is 1.59. The van der Waals surface area contributed by atoms with E-state index in [-0.39, 0.29) is 6.04 Å². The molecule has 21 heavy (non-hydrogen) atoms. The van der Waals surface area contributed by atoms with Gasteiger partial charge in [-0.05, 0) is 38.3 Å². The van der Waals surface area contributed by atoms with Gasteiger partial charge in [0.05, 0.1) is 11.4 Å². The molecule has 0 fully saturated rings. The monoisotopic (exact) mass is 303 g/mol. The Hall–Kier alpha value is -1.92. The molecule has 0 radical (unpaired) electrons. The highest BCUT2D eigenvalue weighted by Crippen LogP contribution is 2.24. The lowest BCUT2D eigenvalue weighted by Crippen LogP contribution is -2.18. The van der Waals surface area contributed by atoms with E-state index in [9.17, 15) is 0 Å². The zero-order chi connectivity index (χ0) is 14.8. The molecule has 0 aromatic carbocycles. The Morgan fingerprint density at radius 1 is 1.29 bits per heavy atom. The number of nitrogens with zero attached hydrogens (tertiary/aromatic N) is 2. The highest BCUT2D eigenvalue weighted by Gasteiger charge is 2.14. The number of aryl methyl sites for hydroxylation is 2. The molecule has 3 aromatic rings. The quantitative estimate of drug-likeness (QED) is 0.775. The van der Waals surface area contributed by atoms with E-state index >= 15 is 0 Å². The van der Waals surface area contributed by atoms with Gasteiger partial charge in [-0.25, -0.2) is 0 Å². The first-order valence-corrected chi connectivity index (χ1v) is 7.68. The Morgan fingerprint density at radius 3 is 2.81 bits per heavy atom. The zero-order valence-corrected chi connectivity index (χ0v) is 13.0. The first-order chi connectivity index (χ1) is 10.1. The topological polar surface area (TPSA) is 64.1 Å². The Kier molecular flexibility index (Phi) is 3.90. The van der Waals surface area contributed by atoms with Crippen molar-refractivity contribution in [3.8, 4) is 10.8 Å². The second-order valence-corrected chi connectivity index (χ2v) is 5.90. The molecule has 0 aliphatic rings. The highest BCUT2D eigenvalue weighted by molar-refractivity contribution is 7.13. The van der Waals surface area contributed by atoms with E-state index in [4.69, 9.17) is 8.83 Å². The van der Waals surface area contributed by atoms with Gasteiger partial charge in [0.15, 0.2) is 0 Å². The summed E-state index contributed by atoms with van der Waals surface area (Å²) < 4.78 is 11.2. The smallest absolute Gasteiger partial charge is 0.257 e. The number of hydrogen-bond donors (Lipinski definition) is 1. The van der Waals surface area contributed by atoms with Crippen molar-refractivity contribution < 1.29 is 8.83 Å². The van der Waals surface area contributed by atoms with Crippen LogP contribution in [0.4, 0.5) is 0 Å². The first kappa shape index (κ1) is 14.0. The number of aromatic nitrogens is 2. The van der Waals surface area contributed by atoms with Crippen molar-refractivity contribution in [3.63, 3.8) is 0 Å². The van der Waals surface area contributed by atoms with E-state index in [0.717, 1.165) is 22.0 Å². The van der Waals surface area contributed by atoms with Crippen molar-refractivity contribution in [1.82, 2.24) is 15.5 Å². The van der Waals surface area contributed by atoms with Crippen molar-refractivity contribution in [2.75, 3.05) is 0 Å². The molecule has 0 bridgehead atoms. The summed E-state index contributed by atoms with van der Waals surface area (Å²) in [6.07, 6.45) is 0. The molecule has 110 valence electrons. The third-order valence-electron chi connectivity index (χ3n) is 3.30. The molecule has 0 saturated heterocycles.